The van der Waals surface area contributed by atoms with Crippen molar-refractivity contribution in [3.05, 3.63) is 34.9 Å². The molecule has 19 heavy (non-hydrogen) atoms. The predicted molar refractivity (Wildman–Crippen MR) is 65.5 cm³/mol. The van der Waals surface area contributed by atoms with E-state index >= 15 is 0 Å². The van der Waals surface area contributed by atoms with Gasteiger partial charge in [0.05, 0.1) is 22.8 Å². The van der Waals surface area contributed by atoms with Crippen LogP contribution in [0.4, 0.5) is 0 Å². The van der Waals surface area contributed by atoms with Crippen LogP contribution in [-0.2, 0) is 4.74 Å². The van der Waals surface area contributed by atoms with E-state index in [1.54, 1.807) is 6.92 Å². The first-order valence-corrected chi connectivity index (χ1v) is 5.69. The second-order valence-corrected chi connectivity index (χ2v) is 3.96. The van der Waals surface area contributed by atoms with Crippen molar-refractivity contribution in [2.24, 2.45) is 0 Å². The first-order chi connectivity index (χ1) is 8.88. The highest BCUT2D eigenvalue weighted by molar-refractivity contribution is 6.09. The third-order valence-corrected chi connectivity index (χ3v) is 2.61. The summed E-state index contributed by atoms with van der Waals surface area (Å²) in [5.41, 5.74) is -1.25. The van der Waals surface area contributed by atoms with Crippen molar-refractivity contribution < 1.29 is 29.3 Å². The maximum Gasteiger partial charge on any atom is 0.339 e. The van der Waals surface area contributed by atoms with E-state index in [0.717, 1.165) is 6.07 Å². The Morgan fingerprint density at radius 2 is 1.74 bits per heavy atom. The van der Waals surface area contributed by atoms with Gasteiger partial charge in [0.2, 0.25) is 0 Å². The van der Waals surface area contributed by atoms with Gasteiger partial charge in [0.25, 0.3) is 0 Å². The smallest absolute Gasteiger partial charge is 0.339 e. The zero-order valence-electron chi connectivity index (χ0n) is 10.5. The Bertz CT molecular complexity index is 520. The lowest BCUT2D eigenvalue weighted by Gasteiger charge is -2.13. The molecule has 2 N–H and O–H groups in total. The van der Waals surface area contributed by atoms with Crippen LogP contribution in [-0.4, -0.2) is 34.2 Å². The fraction of sp³-hybridized carbons (Fsp3) is 0.308. The van der Waals surface area contributed by atoms with Gasteiger partial charge in [-0.1, -0.05) is 13.0 Å². The van der Waals surface area contributed by atoms with Gasteiger partial charge in [-0.3, -0.25) is 0 Å². The van der Waals surface area contributed by atoms with Crippen molar-refractivity contribution in [2.75, 3.05) is 0 Å². The summed E-state index contributed by atoms with van der Waals surface area (Å²) in [4.78, 5) is 33.9. The highest BCUT2D eigenvalue weighted by Gasteiger charge is 2.25. The number of hydrogen-bond acceptors (Lipinski definition) is 4. The molecule has 1 rings (SSSR count). The van der Waals surface area contributed by atoms with Gasteiger partial charge in [0, 0.05) is 0 Å². The van der Waals surface area contributed by atoms with E-state index in [2.05, 4.69) is 0 Å². The van der Waals surface area contributed by atoms with E-state index in [9.17, 15) is 14.4 Å². The van der Waals surface area contributed by atoms with Crippen LogP contribution in [0.25, 0.3) is 0 Å². The Labute approximate surface area is 109 Å². The normalized spacial score (nSPS) is 11.7. The molecular weight excluding hydrogens is 252 g/mol. The largest absolute Gasteiger partial charge is 0.478 e. The first-order valence-electron chi connectivity index (χ1n) is 5.69. The molecule has 0 aromatic heterocycles. The number of benzene rings is 1. The maximum absolute atomic E-state index is 11.8. The van der Waals surface area contributed by atoms with E-state index in [1.165, 1.54) is 12.1 Å². The van der Waals surface area contributed by atoms with Gasteiger partial charge in [-0.15, -0.1) is 0 Å². The van der Waals surface area contributed by atoms with Crippen molar-refractivity contribution in [3.63, 3.8) is 0 Å². The summed E-state index contributed by atoms with van der Waals surface area (Å²) in [6.45, 7) is 3.48. The van der Waals surface area contributed by atoms with Crippen LogP contribution < -0.4 is 0 Å². The van der Waals surface area contributed by atoms with E-state index in [-0.39, 0.29) is 11.7 Å². The maximum atomic E-state index is 11.8. The van der Waals surface area contributed by atoms with Crippen LogP contribution >= 0.6 is 0 Å². The highest BCUT2D eigenvalue weighted by atomic mass is 16.5. The van der Waals surface area contributed by atoms with Crippen LogP contribution in [0.15, 0.2) is 18.2 Å². The number of carboxylic acid groups (broad SMARTS) is 2. The highest BCUT2D eigenvalue weighted by Crippen LogP contribution is 2.17. The lowest BCUT2D eigenvalue weighted by molar-refractivity contribution is 0.0328. The molecule has 6 heteroatoms. The van der Waals surface area contributed by atoms with Gasteiger partial charge < -0.3 is 14.9 Å². The summed E-state index contributed by atoms with van der Waals surface area (Å²) in [6, 6.07) is 3.68. The van der Waals surface area contributed by atoms with Crippen molar-refractivity contribution in [2.45, 2.75) is 26.4 Å². The van der Waals surface area contributed by atoms with E-state index in [4.69, 9.17) is 14.9 Å². The van der Waals surface area contributed by atoms with Gasteiger partial charge in [-0.05, 0) is 25.5 Å². The Morgan fingerprint density at radius 1 is 1.16 bits per heavy atom. The molecule has 1 unspecified atom stereocenters. The molecule has 0 fully saturated rings. The van der Waals surface area contributed by atoms with Crippen molar-refractivity contribution in [3.8, 4) is 0 Å². The first kappa shape index (κ1) is 14.7. The van der Waals surface area contributed by atoms with Gasteiger partial charge >= 0.3 is 17.9 Å². The molecule has 1 atom stereocenters. The number of rotatable bonds is 5. The second kappa shape index (κ2) is 5.99. The molecule has 0 aliphatic carbocycles. The molecule has 0 aliphatic heterocycles. The summed E-state index contributed by atoms with van der Waals surface area (Å²) < 4.78 is 5.02. The van der Waals surface area contributed by atoms with Gasteiger partial charge in [-0.25, -0.2) is 14.4 Å². The zero-order chi connectivity index (χ0) is 14.6. The number of carbonyl (C=O) groups excluding carboxylic acids is 1. The molecule has 0 saturated heterocycles. The monoisotopic (exact) mass is 266 g/mol. The predicted octanol–water partition coefficient (Wildman–Crippen LogP) is 2.04. The number of esters is 1. The molecule has 0 spiro atoms. The SMILES string of the molecule is CCC(C)OC(=O)c1cccc(C(=O)O)c1C(=O)O. The third-order valence-electron chi connectivity index (χ3n) is 2.61. The summed E-state index contributed by atoms with van der Waals surface area (Å²) in [5.74, 6) is -3.72. The minimum atomic E-state index is -1.48. The molecule has 1 aromatic carbocycles. The molecule has 6 nitrogen and oxygen atoms in total. The Kier molecular flexibility index (Phi) is 4.63. The summed E-state index contributed by atoms with van der Waals surface area (Å²) in [5, 5.41) is 18.0. The van der Waals surface area contributed by atoms with Gasteiger partial charge in [-0.2, -0.15) is 0 Å². The van der Waals surface area contributed by atoms with E-state index in [0.29, 0.717) is 6.42 Å². The number of hydrogen-bond donors (Lipinski definition) is 2. The van der Waals surface area contributed by atoms with Crippen molar-refractivity contribution in [1.82, 2.24) is 0 Å². The van der Waals surface area contributed by atoms with Crippen molar-refractivity contribution >= 4 is 17.9 Å². The lowest BCUT2D eigenvalue weighted by Crippen LogP contribution is -2.19. The minimum absolute atomic E-state index is 0.257. The number of carbonyl (C=O) groups is 3. The molecule has 0 amide bonds. The average molecular weight is 266 g/mol. The Hall–Kier alpha value is -2.37. The molecular formula is C13H14O6. The molecule has 0 saturated carbocycles. The minimum Gasteiger partial charge on any atom is -0.478 e. The molecule has 0 bridgehead atoms. The quantitative estimate of drug-likeness (QED) is 0.791. The summed E-state index contributed by atoms with van der Waals surface area (Å²) in [6.07, 6.45) is 0.204. The van der Waals surface area contributed by atoms with Crippen LogP contribution in [0.2, 0.25) is 0 Å². The van der Waals surface area contributed by atoms with E-state index < -0.39 is 29.0 Å². The van der Waals surface area contributed by atoms with Gasteiger partial charge in [0.15, 0.2) is 0 Å². The number of carboxylic acids is 2. The summed E-state index contributed by atoms with van der Waals surface area (Å²) in [7, 11) is 0. The number of ether oxygens (including phenoxy) is 1. The molecule has 0 heterocycles. The molecule has 0 aliphatic rings. The average Bonchev–Trinajstić information content (AvgIpc) is 2.37. The lowest BCUT2D eigenvalue weighted by atomic mass is 10.0. The van der Waals surface area contributed by atoms with Crippen molar-refractivity contribution in [1.29, 1.82) is 0 Å². The second-order valence-electron chi connectivity index (χ2n) is 3.96. The third kappa shape index (κ3) is 3.31. The number of aromatic carboxylic acids is 2. The standard InChI is InChI=1S/C13H14O6/c1-3-7(2)19-13(18)9-6-4-5-8(11(14)15)10(9)12(16)17/h4-7H,3H2,1-2H3,(H,14,15)(H,16,17). The fourth-order valence-corrected chi connectivity index (χ4v) is 1.46. The van der Waals surface area contributed by atoms with E-state index in [1.807, 2.05) is 6.92 Å². The van der Waals surface area contributed by atoms with Crippen LogP contribution in [0, 0.1) is 0 Å². The van der Waals surface area contributed by atoms with Crippen LogP contribution in [0.1, 0.15) is 51.3 Å². The zero-order valence-corrected chi connectivity index (χ0v) is 10.5. The topological polar surface area (TPSA) is 101 Å². The molecule has 1 aromatic rings. The van der Waals surface area contributed by atoms with Crippen LogP contribution in [0.3, 0.4) is 0 Å². The fourth-order valence-electron chi connectivity index (χ4n) is 1.46. The van der Waals surface area contributed by atoms with Crippen LogP contribution in [0.5, 0.6) is 0 Å². The van der Waals surface area contributed by atoms with Gasteiger partial charge in [0.1, 0.15) is 0 Å². The summed E-state index contributed by atoms with van der Waals surface area (Å²) >= 11 is 0. The Morgan fingerprint density at radius 3 is 2.21 bits per heavy atom. The molecule has 0 radical (unpaired) electrons. The Balaban J connectivity index is 3.27. The molecule has 102 valence electrons.